The van der Waals surface area contributed by atoms with Gasteiger partial charge in [0.05, 0.1) is 30.6 Å². The number of carbonyl (C=O) groups excluding carboxylic acids is 1. The van der Waals surface area contributed by atoms with Crippen LogP contribution in [-0.4, -0.2) is 51.0 Å². The fourth-order valence-electron chi connectivity index (χ4n) is 3.88. The Kier molecular flexibility index (Phi) is 6.44. The van der Waals surface area contributed by atoms with Crippen LogP contribution in [0.3, 0.4) is 0 Å². The van der Waals surface area contributed by atoms with Crippen LogP contribution in [0.1, 0.15) is 23.1 Å². The molecule has 30 heavy (non-hydrogen) atoms. The molecule has 156 valence electrons. The third-order valence-electron chi connectivity index (χ3n) is 5.62. The summed E-state index contributed by atoms with van der Waals surface area (Å²) in [6, 6.07) is 16.8. The quantitative estimate of drug-likeness (QED) is 0.561. The van der Waals surface area contributed by atoms with E-state index in [4.69, 9.17) is 0 Å². The molecule has 1 amide bonds. The molecule has 1 aliphatic heterocycles. The lowest BCUT2D eigenvalue weighted by atomic mass is 10.1. The van der Waals surface area contributed by atoms with Crippen molar-refractivity contribution in [1.29, 1.82) is 0 Å². The number of likely N-dealkylation sites (tertiary alicyclic amines) is 1. The maximum Gasteiger partial charge on any atom is 0.230 e. The van der Waals surface area contributed by atoms with E-state index < -0.39 is 0 Å². The third-order valence-corrected chi connectivity index (χ3v) is 6.54. The molecule has 8 heteroatoms. The summed E-state index contributed by atoms with van der Waals surface area (Å²) in [6.07, 6.45) is 1.01. The van der Waals surface area contributed by atoms with E-state index in [9.17, 15) is 4.79 Å². The predicted octanol–water partition coefficient (Wildman–Crippen LogP) is 1.34. The van der Waals surface area contributed by atoms with Crippen LogP contribution in [0.4, 0.5) is 0 Å². The molecule has 2 heterocycles. The first-order chi connectivity index (χ1) is 14.6. The van der Waals surface area contributed by atoms with Gasteiger partial charge in [0.1, 0.15) is 6.54 Å². The van der Waals surface area contributed by atoms with Crippen molar-refractivity contribution >= 4 is 17.7 Å². The molecule has 1 unspecified atom stereocenters. The number of nitrogens with zero attached hydrogens (tertiary/aromatic N) is 4. The second kappa shape index (κ2) is 9.40. The Labute approximate surface area is 180 Å². The maximum absolute atomic E-state index is 12.5. The summed E-state index contributed by atoms with van der Waals surface area (Å²) in [6.45, 7) is 7.17. The minimum Gasteiger partial charge on any atom is -0.347 e. The van der Waals surface area contributed by atoms with E-state index in [1.54, 1.807) is 4.68 Å². The summed E-state index contributed by atoms with van der Waals surface area (Å²) in [5, 5.41) is 15.8. The van der Waals surface area contributed by atoms with Crippen LogP contribution in [0.2, 0.25) is 0 Å². The molecule has 1 aromatic heterocycles. The number of benzene rings is 2. The topological polar surface area (TPSA) is 77.1 Å². The highest BCUT2D eigenvalue weighted by Crippen LogP contribution is 2.22. The standard InChI is InChI=1S/C22H26N6OS/c1-16-7-6-10-20(17(16)2)28-22(24-25-26-28)30-15-21(29)23-19-11-12-27(14-19)13-18-8-4-3-5-9-18/h3-10,19H,11-15H2,1-2H3,(H,23,29)/p+1/t19-/m1/s1. The molecule has 0 spiro atoms. The van der Waals surface area contributed by atoms with E-state index in [2.05, 4.69) is 65.0 Å². The predicted molar refractivity (Wildman–Crippen MR) is 117 cm³/mol. The van der Waals surface area contributed by atoms with Crippen LogP contribution in [0.5, 0.6) is 0 Å². The van der Waals surface area contributed by atoms with Gasteiger partial charge < -0.3 is 10.2 Å². The van der Waals surface area contributed by atoms with Gasteiger partial charge in [-0.1, -0.05) is 54.2 Å². The molecule has 0 saturated carbocycles. The molecule has 1 aliphatic rings. The van der Waals surface area contributed by atoms with Gasteiger partial charge in [-0.25, -0.2) is 0 Å². The SMILES string of the molecule is Cc1cccc(-n2nnnc2SCC(=O)N[C@@H]2CC[NH+](Cc3ccccc3)C2)c1C. The maximum atomic E-state index is 12.5. The van der Waals surface area contributed by atoms with Gasteiger partial charge in [-0.3, -0.25) is 4.79 Å². The van der Waals surface area contributed by atoms with Crippen LogP contribution < -0.4 is 10.2 Å². The minimum absolute atomic E-state index is 0.0291. The number of amides is 1. The molecule has 1 fully saturated rings. The number of rotatable bonds is 7. The number of thioether (sulfide) groups is 1. The molecule has 0 bridgehead atoms. The summed E-state index contributed by atoms with van der Waals surface area (Å²) >= 11 is 1.37. The van der Waals surface area contributed by atoms with Crippen molar-refractivity contribution in [1.82, 2.24) is 25.5 Å². The number of hydrogen-bond donors (Lipinski definition) is 2. The number of hydrogen-bond acceptors (Lipinski definition) is 5. The van der Waals surface area contributed by atoms with Gasteiger partial charge in [0, 0.05) is 12.0 Å². The lowest BCUT2D eigenvalue weighted by molar-refractivity contribution is -0.901. The Balaban J connectivity index is 1.29. The summed E-state index contributed by atoms with van der Waals surface area (Å²) < 4.78 is 1.71. The molecule has 3 aromatic rings. The molecule has 4 rings (SSSR count). The third kappa shape index (κ3) is 4.88. The lowest BCUT2D eigenvalue weighted by Crippen LogP contribution is -3.09. The van der Waals surface area contributed by atoms with Crippen molar-refractivity contribution in [2.24, 2.45) is 0 Å². The second-order valence-electron chi connectivity index (χ2n) is 7.80. The van der Waals surface area contributed by atoms with Crippen LogP contribution in [0.15, 0.2) is 53.7 Å². The summed E-state index contributed by atoms with van der Waals surface area (Å²) in [7, 11) is 0. The molecule has 1 saturated heterocycles. The number of carbonyl (C=O) groups is 1. The van der Waals surface area contributed by atoms with Gasteiger partial charge in [0.15, 0.2) is 0 Å². The Morgan fingerprint density at radius 1 is 1.20 bits per heavy atom. The normalized spacial score (nSPS) is 18.5. The van der Waals surface area contributed by atoms with E-state index in [1.165, 1.54) is 27.8 Å². The number of quaternary nitrogens is 1. The first-order valence-corrected chi connectivity index (χ1v) is 11.2. The van der Waals surface area contributed by atoms with Gasteiger partial charge in [-0.05, 0) is 41.5 Å². The first kappa shape index (κ1) is 20.6. The van der Waals surface area contributed by atoms with Crippen molar-refractivity contribution in [3.8, 4) is 5.69 Å². The molecule has 0 radical (unpaired) electrons. The first-order valence-electron chi connectivity index (χ1n) is 10.2. The molecule has 2 aromatic carbocycles. The van der Waals surface area contributed by atoms with Crippen LogP contribution >= 0.6 is 11.8 Å². The molecule has 7 nitrogen and oxygen atoms in total. The van der Waals surface area contributed by atoms with E-state index in [1.807, 2.05) is 18.2 Å². The Morgan fingerprint density at radius 3 is 2.87 bits per heavy atom. The van der Waals surface area contributed by atoms with Gasteiger partial charge >= 0.3 is 0 Å². The van der Waals surface area contributed by atoms with Gasteiger partial charge in [0.2, 0.25) is 11.1 Å². The highest BCUT2D eigenvalue weighted by atomic mass is 32.2. The Morgan fingerprint density at radius 2 is 2.03 bits per heavy atom. The molecule has 2 atom stereocenters. The van der Waals surface area contributed by atoms with Crippen molar-refractivity contribution in [3.63, 3.8) is 0 Å². The molecular formula is C22H27N6OS+. The van der Waals surface area contributed by atoms with Crippen molar-refractivity contribution in [2.45, 2.75) is 38.0 Å². The van der Waals surface area contributed by atoms with E-state index in [0.29, 0.717) is 10.9 Å². The van der Waals surface area contributed by atoms with Gasteiger partial charge in [-0.15, -0.1) is 5.10 Å². The minimum atomic E-state index is 0.0291. The number of aromatic nitrogens is 4. The number of aryl methyl sites for hydroxylation is 1. The zero-order valence-corrected chi connectivity index (χ0v) is 18.2. The van der Waals surface area contributed by atoms with Gasteiger partial charge in [-0.2, -0.15) is 4.68 Å². The Hall–Kier alpha value is -2.71. The van der Waals surface area contributed by atoms with Crippen molar-refractivity contribution in [2.75, 3.05) is 18.8 Å². The van der Waals surface area contributed by atoms with Crippen LogP contribution in [-0.2, 0) is 11.3 Å². The summed E-state index contributed by atoms with van der Waals surface area (Å²) in [4.78, 5) is 14.0. The highest BCUT2D eigenvalue weighted by molar-refractivity contribution is 7.99. The molecular weight excluding hydrogens is 396 g/mol. The average molecular weight is 424 g/mol. The van der Waals surface area contributed by atoms with Crippen molar-refractivity contribution < 1.29 is 9.69 Å². The lowest BCUT2D eigenvalue weighted by Gasteiger charge is -2.14. The number of tetrazole rings is 1. The van der Waals surface area contributed by atoms with E-state index in [0.717, 1.165) is 37.3 Å². The average Bonchev–Trinajstić information content (AvgIpc) is 3.39. The summed E-state index contributed by atoms with van der Waals surface area (Å²) in [5.41, 5.74) is 4.59. The van der Waals surface area contributed by atoms with Crippen LogP contribution in [0.25, 0.3) is 5.69 Å². The van der Waals surface area contributed by atoms with E-state index >= 15 is 0 Å². The number of nitrogens with one attached hydrogen (secondary N) is 2. The fraction of sp³-hybridized carbons (Fsp3) is 0.364. The van der Waals surface area contributed by atoms with E-state index in [-0.39, 0.29) is 11.9 Å². The smallest absolute Gasteiger partial charge is 0.230 e. The highest BCUT2D eigenvalue weighted by Gasteiger charge is 2.27. The van der Waals surface area contributed by atoms with Crippen LogP contribution in [0, 0.1) is 13.8 Å². The van der Waals surface area contributed by atoms with Gasteiger partial charge in [0.25, 0.3) is 0 Å². The second-order valence-corrected chi connectivity index (χ2v) is 8.74. The molecule has 2 N–H and O–H groups in total. The summed E-state index contributed by atoms with van der Waals surface area (Å²) in [5.74, 6) is 0.330. The largest absolute Gasteiger partial charge is 0.347 e. The zero-order chi connectivity index (χ0) is 20.9. The Bertz CT molecular complexity index is 1010. The van der Waals surface area contributed by atoms with Crippen molar-refractivity contribution in [3.05, 3.63) is 65.2 Å². The fourth-order valence-corrected chi connectivity index (χ4v) is 4.58. The zero-order valence-electron chi connectivity index (χ0n) is 17.3. The monoisotopic (exact) mass is 423 g/mol. The molecule has 0 aliphatic carbocycles.